The van der Waals surface area contributed by atoms with E-state index in [2.05, 4.69) is 44.4 Å². The van der Waals surface area contributed by atoms with E-state index in [-0.39, 0.29) is 11.7 Å². The van der Waals surface area contributed by atoms with Crippen molar-refractivity contribution in [1.82, 2.24) is 14.8 Å². The van der Waals surface area contributed by atoms with Crippen molar-refractivity contribution in [3.8, 4) is 5.75 Å². The number of aryl methyl sites for hydroxylation is 1. The van der Waals surface area contributed by atoms with Crippen LogP contribution in [0, 0.1) is 13.8 Å². The predicted octanol–water partition coefficient (Wildman–Crippen LogP) is 4.99. The molecule has 0 saturated heterocycles. The average molecular weight is 475 g/mol. The van der Waals surface area contributed by atoms with Gasteiger partial charge in [0, 0.05) is 16.7 Å². The van der Waals surface area contributed by atoms with Crippen LogP contribution in [-0.4, -0.2) is 26.4 Å². The highest BCUT2D eigenvalue weighted by Gasteiger charge is 2.14. The number of benzene rings is 2. The number of anilines is 1. The Morgan fingerprint density at radius 3 is 2.66 bits per heavy atom. The Bertz CT molecular complexity index is 989. The number of thioether (sulfide) groups is 1. The largest absolute Gasteiger partial charge is 0.485 e. The molecule has 1 amide bonds. The summed E-state index contributed by atoms with van der Waals surface area (Å²) in [5, 5.41) is 12.1. The topological polar surface area (TPSA) is 69.0 Å². The summed E-state index contributed by atoms with van der Waals surface area (Å²) in [7, 11) is 0. The van der Waals surface area contributed by atoms with E-state index in [4.69, 9.17) is 4.74 Å². The van der Waals surface area contributed by atoms with E-state index >= 15 is 0 Å². The van der Waals surface area contributed by atoms with Crippen molar-refractivity contribution in [3.05, 3.63) is 63.9 Å². The molecule has 1 aromatic heterocycles. The van der Waals surface area contributed by atoms with E-state index in [1.807, 2.05) is 54.8 Å². The summed E-state index contributed by atoms with van der Waals surface area (Å²) < 4.78 is 8.90. The third-order valence-electron chi connectivity index (χ3n) is 4.48. The van der Waals surface area contributed by atoms with E-state index in [1.165, 1.54) is 17.3 Å². The van der Waals surface area contributed by atoms with Gasteiger partial charge in [-0.25, -0.2) is 0 Å². The fourth-order valence-electron chi connectivity index (χ4n) is 2.73. The Kier molecular flexibility index (Phi) is 7.33. The second kappa shape index (κ2) is 9.93. The number of nitrogens with zero attached hydrogens (tertiary/aromatic N) is 3. The van der Waals surface area contributed by atoms with Crippen LogP contribution in [0.3, 0.4) is 0 Å². The SMILES string of the molecule is CCn1c(COc2cccc(C)c2C)nnc1SCC(=O)Nc1ccc(Br)cc1. The first-order valence-electron chi connectivity index (χ1n) is 9.27. The summed E-state index contributed by atoms with van der Waals surface area (Å²) in [5.41, 5.74) is 3.07. The Hall–Kier alpha value is -2.32. The number of ether oxygens (including phenoxy) is 1. The molecular weight excluding hydrogens is 452 g/mol. The predicted molar refractivity (Wildman–Crippen MR) is 119 cm³/mol. The molecule has 1 N–H and O–H groups in total. The number of rotatable bonds is 8. The minimum atomic E-state index is -0.0869. The summed E-state index contributed by atoms with van der Waals surface area (Å²) in [5.74, 6) is 1.76. The standard InChI is InChI=1S/C21H23BrN4O2S/c1-4-26-19(12-28-18-7-5-6-14(2)15(18)3)24-25-21(26)29-13-20(27)23-17-10-8-16(22)9-11-17/h5-11H,4,12-13H2,1-3H3,(H,23,27). The third kappa shape index (κ3) is 5.61. The van der Waals surface area contributed by atoms with Gasteiger partial charge in [-0.15, -0.1) is 10.2 Å². The number of halogens is 1. The highest BCUT2D eigenvalue weighted by atomic mass is 79.9. The molecule has 3 aromatic rings. The molecule has 0 bridgehead atoms. The van der Waals surface area contributed by atoms with Crippen molar-refractivity contribution in [3.63, 3.8) is 0 Å². The van der Waals surface area contributed by atoms with Crippen LogP contribution in [0.2, 0.25) is 0 Å². The van der Waals surface area contributed by atoms with E-state index < -0.39 is 0 Å². The van der Waals surface area contributed by atoms with E-state index in [0.717, 1.165) is 27.3 Å². The minimum absolute atomic E-state index is 0.0869. The molecule has 0 spiro atoms. The van der Waals surface area contributed by atoms with Gasteiger partial charge in [0.2, 0.25) is 5.91 Å². The Morgan fingerprint density at radius 2 is 1.93 bits per heavy atom. The number of carbonyl (C=O) groups excluding carboxylic acids is 1. The maximum Gasteiger partial charge on any atom is 0.234 e. The van der Waals surface area contributed by atoms with Gasteiger partial charge < -0.3 is 14.6 Å². The molecule has 0 atom stereocenters. The normalized spacial score (nSPS) is 10.8. The van der Waals surface area contributed by atoms with Crippen LogP contribution < -0.4 is 10.1 Å². The lowest BCUT2D eigenvalue weighted by Gasteiger charge is -2.11. The van der Waals surface area contributed by atoms with Gasteiger partial charge in [-0.2, -0.15) is 0 Å². The summed E-state index contributed by atoms with van der Waals surface area (Å²) >= 11 is 4.74. The first-order valence-corrected chi connectivity index (χ1v) is 11.0. The fourth-order valence-corrected chi connectivity index (χ4v) is 3.82. The third-order valence-corrected chi connectivity index (χ3v) is 5.98. The number of carbonyl (C=O) groups is 1. The maximum atomic E-state index is 12.2. The van der Waals surface area contributed by atoms with Crippen molar-refractivity contribution >= 4 is 39.3 Å². The second-order valence-electron chi connectivity index (χ2n) is 6.47. The Morgan fingerprint density at radius 1 is 1.17 bits per heavy atom. The highest BCUT2D eigenvalue weighted by Crippen LogP contribution is 2.23. The molecule has 0 radical (unpaired) electrons. The number of hydrogen-bond donors (Lipinski definition) is 1. The van der Waals surface area contributed by atoms with Crippen LogP contribution in [-0.2, 0) is 17.9 Å². The van der Waals surface area contributed by atoms with Crippen molar-refractivity contribution < 1.29 is 9.53 Å². The lowest BCUT2D eigenvalue weighted by atomic mass is 10.1. The van der Waals surface area contributed by atoms with Crippen LogP contribution in [0.5, 0.6) is 5.75 Å². The smallest absolute Gasteiger partial charge is 0.234 e. The van der Waals surface area contributed by atoms with Gasteiger partial charge in [-0.1, -0.05) is 39.8 Å². The van der Waals surface area contributed by atoms with Gasteiger partial charge in [-0.05, 0) is 62.2 Å². The summed E-state index contributed by atoms with van der Waals surface area (Å²) in [6.07, 6.45) is 0. The number of aromatic nitrogens is 3. The average Bonchev–Trinajstić information content (AvgIpc) is 3.11. The number of nitrogens with one attached hydrogen (secondary N) is 1. The van der Waals surface area contributed by atoms with Crippen molar-refractivity contribution in [2.45, 2.75) is 39.1 Å². The molecule has 8 heteroatoms. The molecule has 3 rings (SSSR count). The zero-order valence-corrected chi connectivity index (χ0v) is 19.0. The van der Waals surface area contributed by atoms with Crippen LogP contribution in [0.15, 0.2) is 52.1 Å². The first-order chi connectivity index (χ1) is 14.0. The molecule has 0 aliphatic carbocycles. The Labute approximate surface area is 183 Å². The van der Waals surface area contributed by atoms with Crippen LogP contribution in [0.25, 0.3) is 0 Å². The fraction of sp³-hybridized carbons (Fsp3) is 0.286. The monoisotopic (exact) mass is 474 g/mol. The molecule has 0 unspecified atom stereocenters. The van der Waals surface area contributed by atoms with Gasteiger partial charge in [-0.3, -0.25) is 4.79 Å². The molecule has 6 nitrogen and oxygen atoms in total. The van der Waals surface area contributed by atoms with Crippen molar-refractivity contribution in [2.24, 2.45) is 0 Å². The van der Waals surface area contributed by atoms with Gasteiger partial charge in [0.1, 0.15) is 12.4 Å². The second-order valence-corrected chi connectivity index (χ2v) is 8.33. The van der Waals surface area contributed by atoms with Gasteiger partial charge in [0.25, 0.3) is 0 Å². The summed E-state index contributed by atoms with van der Waals surface area (Å²) in [6.45, 7) is 7.16. The lowest BCUT2D eigenvalue weighted by molar-refractivity contribution is -0.113. The molecule has 29 heavy (non-hydrogen) atoms. The molecule has 152 valence electrons. The molecule has 0 aliphatic heterocycles. The molecule has 0 aliphatic rings. The van der Waals surface area contributed by atoms with E-state index in [1.54, 1.807) is 0 Å². The van der Waals surface area contributed by atoms with Gasteiger partial charge in [0.05, 0.1) is 5.75 Å². The first kappa shape index (κ1) is 21.4. The zero-order chi connectivity index (χ0) is 20.8. The highest BCUT2D eigenvalue weighted by molar-refractivity contribution is 9.10. The molecule has 0 saturated carbocycles. The van der Waals surface area contributed by atoms with Crippen molar-refractivity contribution in [1.29, 1.82) is 0 Å². The zero-order valence-electron chi connectivity index (χ0n) is 16.6. The molecule has 1 heterocycles. The van der Waals surface area contributed by atoms with Gasteiger partial charge >= 0.3 is 0 Å². The maximum absolute atomic E-state index is 12.2. The quantitative estimate of drug-likeness (QED) is 0.465. The van der Waals surface area contributed by atoms with E-state index in [9.17, 15) is 4.79 Å². The minimum Gasteiger partial charge on any atom is -0.485 e. The van der Waals surface area contributed by atoms with Crippen LogP contribution in [0.4, 0.5) is 5.69 Å². The number of hydrogen-bond acceptors (Lipinski definition) is 5. The Balaban J connectivity index is 1.59. The summed E-state index contributed by atoms with van der Waals surface area (Å²) in [6, 6.07) is 13.5. The van der Waals surface area contributed by atoms with Crippen LogP contribution >= 0.6 is 27.7 Å². The molecular formula is C21H23BrN4O2S. The van der Waals surface area contributed by atoms with Crippen molar-refractivity contribution in [2.75, 3.05) is 11.1 Å². The lowest BCUT2D eigenvalue weighted by Crippen LogP contribution is -2.14. The summed E-state index contributed by atoms with van der Waals surface area (Å²) in [4.78, 5) is 12.2. The molecule has 0 fully saturated rings. The van der Waals surface area contributed by atoms with Gasteiger partial charge in [0.15, 0.2) is 11.0 Å². The molecule has 2 aromatic carbocycles. The van der Waals surface area contributed by atoms with Crippen LogP contribution in [0.1, 0.15) is 23.9 Å². The number of amides is 1. The van der Waals surface area contributed by atoms with E-state index in [0.29, 0.717) is 18.3 Å².